The smallest absolute Gasteiger partial charge is 0.0348 e. The minimum atomic E-state index is 0.543. The third-order valence-electron chi connectivity index (χ3n) is 4.11. The standard InChI is InChI=1S/C19H23N/c1-15-6-5-7-16(14-15)12-13-20-19(18-10-11-18)17-8-3-2-4-9-17/h2-9,14,18-20H,10-13H2,1H3. The highest BCUT2D eigenvalue weighted by atomic mass is 14.9. The zero-order valence-electron chi connectivity index (χ0n) is 12.2. The van der Waals surface area contributed by atoms with Crippen LogP contribution in [0.5, 0.6) is 0 Å². The second-order valence-corrected chi connectivity index (χ2v) is 5.92. The summed E-state index contributed by atoms with van der Waals surface area (Å²) >= 11 is 0. The van der Waals surface area contributed by atoms with Crippen molar-refractivity contribution in [1.82, 2.24) is 5.32 Å². The number of hydrogen-bond acceptors (Lipinski definition) is 1. The molecule has 0 bridgehead atoms. The van der Waals surface area contributed by atoms with Gasteiger partial charge in [0.05, 0.1) is 0 Å². The van der Waals surface area contributed by atoms with Gasteiger partial charge in [-0.2, -0.15) is 0 Å². The van der Waals surface area contributed by atoms with Gasteiger partial charge in [-0.15, -0.1) is 0 Å². The van der Waals surface area contributed by atoms with Gasteiger partial charge < -0.3 is 5.32 Å². The maximum Gasteiger partial charge on any atom is 0.0348 e. The van der Waals surface area contributed by atoms with Gasteiger partial charge in [-0.05, 0) is 49.8 Å². The largest absolute Gasteiger partial charge is 0.309 e. The molecule has 104 valence electrons. The van der Waals surface area contributed by atoms with Gasteiger partial charge in [0.1, 0.15) is 0 Å². The van der Waals surface area contributed by atoms with E-state index in [2.05, 4.69) is 66.8 Å². The molecule has 0 saturated heterocycles. The predicted octanol–water partition coefficient (Wildman–Crippen LogP) is 4.28. The van der Waals surface area contributed by atoms with Gasteiger partial charge >= 0.3 is 0 Å². The molecule has 1 aliphatic carbocycles. The Bertz CT molecular complexity index is 543. The summed E-state index contributed by atoms with van der Waals surface area (Å²) in [7, 11) is 0. The van der Waals surface area contributed by atoms with E-state index in [4.69, 9.17) is 0 Å². The molecule has 2 aromatic carbocycles. The van der Waals surface area contributed by atoms with Crippen LogP contribution in [-0.4, -0.2) is 6.54 Å². The van der Waals surface area contributed by atoms with E-state index in [-0.39, 0.29) is 0 Å². The Hall–Kier alpha value is -1.60. The van der Waals surface area contributed by atoms with Gasteiger partial charge in [0, 0.05) is 6.04 Å². The lowest BCUT2D eigenvalue weighted by atomic mass is 10.0. The molecule has 1 atom stereocenters. The molecule has 0 amide bonds. The maximum atomic E-state index is 3.77. The highest BCUT2D eigenvalue weighted by Crippen LogP contribution is 2.40. The van der Waals surface area contributed by atoms with Crippen molar-refractivity contribution < 1.29 is 0 Å². The molecule has 1 fully saturated rings. The van der Waals surface area contributed by atoms with Crippen LogP contribution in [0.4, 0.5) is 0 Å². The summed E-state index contributed by atoms with van der Waals surface area (Å²) in [6.45, 7) is 3.22. The van der Waals surface area contributed by atoms with Crippen LogP contribution in [0.15, 0.2) is 54.6 Å². The Morgan fingerprint density at radius 2 is 1.85 bits per heavy atom. The zero-order chi connectivity index (χ0) is 13.8. The van der Waals surface area contributed by atoms with Crippen molar-refractivity contribution in [2.75, 3.05) is 6.54 Å². The maximum absolute atomic E-state index is 3.77. The second-order valence-electron chi connectivity index (χ2n) is 5.92. The summed E-state index contributed by atoms with van der Waals surface area (Å²) in [6, 6.07) is 20.3. The molecule has 0 radical (unpaired) electrons. The highest BCUT2D eigenvalue weighted by Gasteiger charge is 2.31. The lowest BCUT2D eigenvalue weighted by Crippen LogP contribution is -2.25. The minimum absolute atomic E-state index is 0.543. The molecule has 0 spiro atoms. The van der Waals surface area contributed by atoms with Crippen LogP contribution in [-0.2, 0) is 6.42 Å². The first-order valence-electron chi connectivity index (χ1n) is 7.67. The lowest BCUT2D eigenvalue weighted by Gasteiger charge is -2.19. The predicted molar refractivity (Wildman–Crippen MR) is 84.8 cm³/mol. The van der Waals surface area contributed by atoms with Crippen LogP contribution in [0.3, 0.4) is 0 Å². The van der Waals surface area contributed by atoms with Crippen molar-refractivity contribution in [1.29, 1.82) is 0 Å². The van der Waals surface area contributed by atoms with Gasteiger partial charge in [0.15, 0.2) is 0 Å². The van der Waals surface area contributed by atoms with Gasteiger partial charge in [-0.25, -0.2) is 0 Å². The van der Waals surface area contributed by atoms with E-state index in [9.17, 15) is 0 Å². The number of benzene rings is 2. The van der Waals surface area contributed by atoms with Crippen molar-refractivity contribution in [2.45, 2.75) is 32.2 Å². The first-order chi connectivity index (χ1) is 9.83. The quantitative estimate of drug-likeness (QED) is 0.822. The van der Waals surface area contributed by atoms with Gasteiger partial charge in [0.2, 0.25) is 0 Å². The summed E-state index contributed by atoms with van der Waals surface area (Å²) in [5.74, 6) is 0.843. The zero-order valence-corrected chi connectivity index (χ0v) is 12.2. The van der Waals surface area contributed by atoms with E-state index in [0.29, 0.717) is 6.04 Å². The topological polar surface area (TPSA) is 12.0 Å². The SMILES string of the molecule is Cc1cccc(CCNC(c2ccccc2)C2CC2)c1. The Morgan fingerprint density at radius 1 is 1.05 bits per heavy atom. The molecular formula is C19H23N. The van der Waals surface area contributed by atoms with E-state index >= 15 is 0 Å². The summed E-state index contributed by atoms with van der Waals surface area (Å²) in [5, 5.41) is 3.77. The molecule has 0 heterocycles. The first kappa shape index (κ1) is 13.4. The number of nitrogens with one attached hydrogen (secondary N) is 1. The molecule has 2 aromatic rings. The fourth-order valence-corrected chi connectivity index (χ4v) is 2.89. The van der Waals surface area contributed by atoms with E-state index in [1.54, 1.807) is 0 Å². The Morgan fingerprint density at radius 3 is 2.55 bits per heavy atom. The third-order valence-corrected chi connectivity index (χ3v) is 4.11. The van der Waals surface area contributed by atoms with Gasteiger partial charge in [-0.3, -0.25) is 0 Å². The monoisotopic (exact) mass is 265 g/mol. The summed E-state index contributed by atoms with van der Waals surface area (Å²) < 4.78 is 0. The van der Waals surface area contributed by atoms with Crippen LogP contribution < -0.4 is 5.32 Å². The molecule has 1 unspecified atom stereocenters. The summed E-state index contributed by atoms with van der Waals surface area (Å²) in [6.07, 6.45) is 3.85. The molecule has 1 heteroatoms. The van der Waals surface area contributed by atoms with Crippen LogP contribution >= 0.6 is 0 Å². The Balaban J connectivity index is 1.58. The van der Waals surface area contributed by atoms with E-state index in [1.165, 1.54) is 29.5 Å². The van der Waals surface area contributed by atoms with Crippen LogP contribution in [0.25, 0.3) is 0 Å². The van der Waals surface area contributed by atoms with Crippen LogP contribution in [0.1, 0.15) is 35.6 Å². The second kappa shape index (κ2) is 6.23. The third kappa shape index (κ3) is 3.49. The molecule has 3 rings (SSSR count). The lowest BCUT2D eigenvalue weighted by molar-refractivity contribution is 0.484. The Labute approximate surface area is 122 Å². The average Bonchev–Trinajstić information content (AvgIpc) is 3.29. The molecular weight excluding hydrogens is 242 g/mol. The average molecular weight is 265 g/mol. The highest BCUT2D eigenvalue weighted by molar-refractivity contribution is 5.23. The number of aryl methyl sites for hydroxylation is 1. The molecule has 1 N–H and O–H groups in total. The fourth-order valence-electron chi connectivity index (χ4n) is 2.89. The normalized spacial score (nSPS) is 16.1. The van der Waals surface area contributed by atoms with Crippen LogP contribution in [0.2, 0.25) is 0 Å². The van der Waals surface area contributed by atoms with Crippen LogP contribution in [0, 0.1) is 12.8 Å². The van der Waals surface area contributed by atoms with Crippen molar-refractivity contribution in [2.24, 2.45) is 5.92 Å². The number of hydrogen-bond donors (Lipinski definition) is 1. The van der Waals surface area contributed by atoms with Crippen molar-refractivity contribution in [3.05, 3.63) is 71.3 Å². The molecule has 20 heavy (non-hydrogen) atoms. The van der Waals surface area contributed by atoms with Gasteiger partial charge in [-0.1, -0.05) is 60.2 Å². The molecule has 0 aromatic heterocycles. The Kier molecular flexibility index (Phi) is 4.17. The van der Waals surface area contributed by atoms with E-state index in [0.717, 1.165) is 18.9 Å². The van der Waals surface area contributed by atoms with E-state index in [1.807, 2.05) is 0 Å². The van der Waals surface area contributed by atoms with E-state index < -0.39 is 0 Å². The summed E-state index contributed by atoms with van der Waals surface area (Å²) in [4.78, 5) is 0. The van der Waals surface area contributed by atoms with Gasteiger partial charge in [0.25, 0.3) is 0 Å². The molecule has 1 saturated carbocycles. The molecule has 1 nitrogen and oxygen atoms in total. The fraction of sp³-hybridized carbons (Fsp3) is 0.368. The number of rotatable bonds is 6. The molecule has 1 aliphatic rings. The van der Waals surface area contributed by atoms with Crippen molar-refractivity contribution in [3.63, 3.8) is 0 Å². The minimum Gasteiger partial charge on any atom is -0.309 e. The first-order valence-corrected chi connectivity index (χ1v) is 7.67. The van der Waals surface area contributed by atoms with Crippen molar-refractivity contribution in [3.8, 4) is 0 Å². The molecule has 0 aliphatic heterocycles. The van der Waals surface area contributed by atoms with Crippen molar-refractivity contribution >= 4 is 0 Å². The summed E-state index contributed by atoms with van der Waals surface area (Å²) in [5.41, 5.74) is 4.23.